The Labute approximate surface area is 116 Å². The molecule has 0 unspecified atom stereocenters. The van der Waals surface area contributed by atoms with Gasteiger partial charge in [-0.25, -0.2) is 0 Å². The van der Waals surface area contributed by atoms with Crippen LogP contribution >= 0.6 is 0 Å². The minimum absolute atomic E-state index is 0.167. The van der Waals surface area contributed by atoms with Crippen molar-refractivity contribution in [2.75, 3.05) is 11.4 Å². The summed E-state index contributed by atoms with van der Waals surface area (Å²) >= 11 is 0. The zero-order valence-corrected chi connectivity index (χ0v) is 11.0. The highest BCUT2D eigenvalue weighted by molar-refractivity contribution is 6.09. The fourth-order valence-corrected chi connectivity index (χ4v) is 2.15. The van der Waals surface area contributed by atoms with E-state index in [1.165, 1.54) is 6.20 Å². The fraction of sp³-hybridized carbons (Fsp3) is 0.133. The van der Waals surface area contributed by atoms with Crippen molar-refractivity contribution < 1.29 is 9.53 Å². The highest BCUT2D eigenvalue weighted by Gasteiger charge is 2.28. The maximum absolute atomic E-state index is 12.6. The van der Waals surface area contributed by atoms with Crippen LogP contribution in [-0.2, 0) is 0 Å². The van der Waals surface area contributed by atoms with E-state index < -0.39 is 0 Å². The van der Waals surface area contributed by atoms with Crippen molar-refractivity contribution in [2.45, 2.75) is 6.92 Å². The van der Waals surface area contributed by atoms with Gasteiger partial charge in [-0.15, -0.1) is 11.7 Å². The number of benzene rings is 1. The van der Waals surface area contributed by atoms with E-state index >= 15 is 0 Å². The molecule has 3 rings (SSSR count). The molecule has 1 aromatic heterocycles. The minimum Gasteiger partial charge on any atom is -0.435 e. The number of rotatable bonds is 2. The second-order valence-electron chi connectivity index (χ2n) is 4.53. The van der Waals surface area contributed by atoms with Crippen molar-refractivity contribution >= 4 is 11.6 Å². The number of fused-ring (bicyclic) bond motifs is 2. The number of nitrogens with zero attached hydrogens (tertiary/aromatic N) is 3. The summed E-state index contributed by atoms with van der Waals surface area (Å²) in [7, 11) is 0. The molecule has 0 saturated heterocycles. The number of hydrogen-bond donors (Lipinski definition) is 0. The average molecular weight is 267 g/mol. The first-order chi connectivity index (χ1) is 9.70. The Hall–Kier alpha value is -2.69. The Kier molecular flexibility index (Phi) is 2.95. The quantitative estimate of drug-likeness (QED) is 0.785. The van der Waals surface area contributed by atoms with Crippen LogP contribution < -0.4 is 9.64 Å². The third kappa shape index (κ3) is 1.93. The van der Waals surface area contributed by atoms with Crippen molar-refractivity contribution in [3.63, 3.8) is 0 Å². The zero-order chi connectivity index (χ0) is 14.1. The van der Waals surface area contributed by atoms with E-state index in [2.05, 4.69) is 16.8 Å². The summed E-state index contributed by atoms with van der Waals surface area (Å²) in [6.45, 7) is 6.08. The van der Waals surface area contributed by atoms with E-state index in [1.807, 2.05) is 25.1 Å². The first-order valence-corrected chi connectivity index (χ1v) is 6.23. The summed E-state index contributed by atoms with van der Waals surface area (Å²) in [5, 5.41) is 7.67. The highest BCUT2D eigenvalue weighted by atomic mass is 16.5. The van der Waals surface area contributed by atoms with E-state index in [0.717, 1.165) is 5.56 Å². The van der Waals surface area contributed by atoms with Gasteiger partial charge in [-0.05, 0) is 30.7 Å². The van der Waals surface area contributed by atoms with Crippen LogP contribution in [0.4, 0.5) is 5.69 Å². The van der Waals surface area contributed by atoms with Crippen LogP contribution in [-0.4, -0.2) is 22.6 Å². The number of aryl methyl sites for hydroxylation is 1. The maximum Gasteiger partial charge on any atom is 0.264 e. The monoisotopic (exact) mass is 267 g/mol. The molecule has 1 aromatic carbocycles. The summed E-state index contributed by atoms with van der Waals surface area (Å²) in [5.74, 6) is 0.651. The SMILES string of the molecule is C=CCN1C(=O)c2ccnnc2Oc2ccc(C)cc21. The van der Waals surface area contributed by atoms with Crippen LogP contribution in [0.2, 0.25) is 0 Å². The van der Waals surface area contributed by atoms with E-state index in [9.17, 15) is 4.79 Å². The molecule has 0 bridgehead atoms. The lowest BCUT2D eigenvalue weighted by Crippen LogP contribution is -2.30. The molecule has 0 fully saturated rings. The zero-order valence-electron chi connectivity index (χ0n) is 11.0. The molecule has 0 N–H and O–H groups in total. The first-order valence-electron chi connectivity index (χ1n) is 6.23. The number of carbonyl (C=O) groups is 1. The van der Waals surface area contributed by atoms with Crippen LogP contribution in [0.1, 0.15) is 15.9 Å². The molecule has 2 heterocycles. The molecule has 5 nitrogen and oxygen atoms in total. The Bertz CT molecular complexity index is 697. The van der Waals surface area contributed by atoms with Gasteiger partial charge in [-0.2, -0.15) is 5.10 Å². The lowest BCUT2D eigenvalue weighted by atomic mass is 10.1. The van der Waals surface area contributed by atoms with Crippen LogP contribution in [0, 0.1) is 6.92 Å². The van der Waals surface area contributed by atoms with Crippen molar-refractivity contribution in [1.82, 2.24) is 10.2 Å². The minimum atomic E-state index is -0.167. The molecule has 0 aliphatic carbocycles. The molecular formula is C15H13N3O2. The summed E-state index contributed by atoms with van der Waals surface area (Å²) in [6, 6.07) is 7.28. The molecule has 2 aromatic rings. The highest BCUT2D eigenvalue weighted by Crippen LogP contribution is 2.37. The van der Waals surface area contributed by atoms with Gasteiger partial charge in [-0.3, -0.25) is 4.79 Å². The molecule has 0 saturated carbocycles. The number of carbonyl (C=O) groups excluding carboxylic acids is 1. The van der Waals surface area contributed by atoms with Gasteiger partial charge in [0.25, 0.3) is 11.8 Å². The van der Waals surface area contributed by atoms with Crippen LogP contribution in [0.3, 0.4) is 0 Å². The lowest BCUT2D eigenvalue weighted by Gasteiger charge is -2.20. The van der Waals surface area contributed by atoms with Crippen molar-refractivity contribution in [1.29, 1.82) is 0 Å². The van der Waals surface area contributed by atoms with E-state index in [0.29, 0.717) is 23.5 Å². The Morgan fingerprint density at radius 2 is 2.25 bits per heavy atom. The molecule has 5 heteroatoms. The van der Waals surface area contributed by atoms with E-state index in [4.69, 9.17) is 4.74 Å². The molecule has 0 radical (unpaired) electrons. The number of anilines is 1. The lowest BCUT2D eigenvalue weighted by molar-refractivity contribution is 0.0989. The van der Waals surface area contributed by atoms with Crippen LogP contribution in [0.25, 0.3) is 0 Å². The van der Waals surface area contributed by atoms with Gasteiger partial charge in [0, 0.05) is 6.54 Å². The van der Waals surface area contributed by atoms with Crippen molar-refractivity contribution in [2.24, 2.45) is 0 Å². The third-order valence-electron chi connectivity index (χ3n) is 3.09. The number of amides is 1. The fourth-order valence-electron chi connectivity index (χ4n) is 2.15. The van der Waals surface area contributed by atoms with E-state index in [-0.39, 0.29) is 11.8 Å². The second-order valence-corrected chi connectivity index (χ2v) is 4.53. The normalized spacial score (nSPS) is 13.1. The topological polar surface area (TPSA) is 55.3 Å². The summed E-state index contributed by atoms with van der Waals surface area (Å²) in [6.07, 6.45) is 3.16. The summed E-state index contributed by atoms with van der Waals surface area (Å²) in [4.78, 5) is 14.3. The summed E-state index contributed by atoms with van der Waals surface area (Å²) in [5.41, 5.74) is 2.16. The number of ether oxygens (including phenoxy) is 1. The van der Waals surface area contributed by atoms with Gasteiger partial charge in [0.1, 0.15) is 5.56 Å². The molecular weight excluding hydrogens is 254 g/mol. The maximum atomic E-state index is 12.6. The largest absolute Gasteiger partial charge is 0.435 e. The number of aromatic nitrogens is 2. The smallest absolute Gasteiger partial charge is 0.264 e. The molecule has 0 spiro atoms. The Morgan fingerprint density at radius 1 is 1.40 bits per heavy atom. The third-order valence-corrected chi connectivity index (χ3v) is 3.09. The molecule has 1 aliphatic rings. The standard InChI is InChI=1S/C15H13N3O2/c1-3-8-18-12-9-10(2)4-5-13(12)20-14-11(15(18)19)6-7-16-17-14/h3-7,9H,1,8H2,2H3. The van der Waals surface area contributed by atoms with Gasteiger partial charge >= 0.3 is 0 Å². The average Bonchev–Trinajstić information content (AvgIpc) is 2.56. The van der Waals surface area contributed by atoms with Gasteiger partial charge in [0.15, 0.2) is 5.75 Å². The van der Waals surface area contributed by atoms with Crippen molar-refractivity contribution in [3.8, 4) is 11.6 Å². The van der Waals surface area contributed by atoms with Crippen molar-refractivity contribution in [3.05, 3.63) is 54.2 Å². The molecule has 1 amide bonds. The van der Waals surface area contributed by atoms with Gasteiger partial charge in [0.2, 0.25) is 0 Å². The van der Waals surface area contributed by atoms with Crippen LogP contribution in [0.15, 0.2) is 43.1 Å². The van der Waals surface area contributed by atoms with Crippen LogP contribution in [0.5, 0.6) is 11.6 Å². The second kappa shape index (κ2) is 4.77. The first kappa shape index (κ1) is 12.3. The van der Waals surface area contributed by atoms with Gasteiger partial charge in [0.05, 0.1) is 11.9 Å². The molecule has 1 aliphatic heterocycles. The Balaban J connectivity index is 2.22. The van der Waals surface area contributed by atoms with Gasteiger partial charge in [-0.1, -0.05) is 12.1 Å². The molecule has 100 valence electrons. The van der Waals surface area contributed by atoms with E-state index in [1.54, 1.807) is 17.0 Å². The number of hydrogen-bond acceptors (Lipinski definition) is 4. The van der Waals surface area contributed by atoms with Gasteiger partial charge < -0.3 is 9.64 Å². The predicted octanol–water partition coefficient (Wildman–Crippen LogP) is 2.72. The summed E-state index contributed by atoms with van der Waals surface area (Å²) < 4.78 is 5.73. The molecule has 20 heavy (non-hydrogen) atoms. The Morgan fingerprint density at radius 3 is 3.05 bits per heavy atom. The molecule has 0 atom stereocenters. The predicted molar refractivity (Wildman–Crippen MR) is 75.2 cm³/mol.